The highest BCUT2D eigenvalue weighted by Gasteiger charge is 2.30. The Bertz CT molecular complexity index is 350. The molecule has 3 atom stereocenters. The van der Waals surface area contributed by atoms with E-state index in [1.807, 2.05) is 0 Å². The number of nitrogens with two attached hydrogens (primary N) is 1. The Morgan fingerprint density at radius 2 is 2.20 bits per heavy atom. The third-order valence-corrected chi connectivity index (χ3v) is 4.72. The first kappa shape index (κ1) is 11.1. The molecule has 0 spiro atoms. The van der Waals surface area contributed by atoms with E-state index in [0.29, 0.717) is 18.5 Å². The number of hydrogen-bond donors (Lipinski definition) is 2. The quantitative estimate of drug-likeness (QED) is 0.716. The molecule has 1 heterocycles. The zero-order chi connectivity index (χ0) is 10.9. The van der Waals surface area contributed by atoms with Crippen molar-refractivity contribution in [2.45, 2.75) is 31.3 Å². The second kappa shape index (κ2) is 4.23. The molecular formula is C10H18N2O2S. The molecule has 0 aromatic heterocycles. The van der Waals surface area contributed by atoms with E-state index < -0.39 is 9.84 Å². The van der Waals surface area contributed by atoms with Gasteiger partial charge < -0.3 is 11.1 Å². The van der Waals surface area contributed by atoms with Crippen molar-refractivity contribution in [2.24, 2.45) is 11.7 Å². The van der Waals surface area contributed by atoms with Crippen LogP contribution in [0.5, 0.6) is 0 Å². The van der Waals surface area contributed by atoms with Gasteiger partial charge in [0.05, 0.1) is 5.75 Å². The summed E-state index contributed by atoms with van der Waals surface area (Å²) in [7, 11) is -2.94. The largest absolute Gasteiger partial charge is 0.330 e. The summed E-state index contributed by atoms with van der Waals surface area (Å²) in [5, 5.41) is 4.70. The molecule has 0 bridgehead atoms. The Balaban J connectivity index is 1.91. The first-order chi connectivity index (χ1) is 7.11. The molecule has 86 valence electrons. The van der Waals surface area contributed by atoms with Crippen molar-refractivity contribution >= 4 is 9.84 Å². The molecule has 4 nitrogen and oxygen atoms in total. The minimum atomic E-state index is -2.94. The van der Waals surface area contributed by atoms with Crippen molar-refractivity contribution in [1.82, 2.24) is 5.32 Å². The van der Waals surface area contributed by atoms with E-state index in [2.05, 4.69) is 5.32 Å². The molecule has 3 N–H and O–H groups in total. The Morgan fingerprint density at radius 1 is 1.40 bits per heavy atom. The molecule has 2 aliphatic rings. The van der Waals surface area contributed by atoms with Gasteiger partial charge in [0, 0.05) is 17.5 Å². The van der Waals surface area contributed by atoms with Crippen LogP contribution in [-0.4, -0.2) is 32.8 Å². The van der Waals surface area contributed by atoms with Gasteiger partial charge in [0.15, 0.2) is 9.84 Å². The molecule has 0 amide bonds. The van der Waals surface area contributed by atoms with Gasteiger partial charge in [0.2, 0.25) is 0 Å². The third kappa shape index (κ3) is 2.59. The first-order valence-corrected chi connectivity index (χ1v) is 7.19. The molecule has 0 radical (unpaired) electrons. The fourth-order valence-electron chi connectivity index (χ4n) is 2.49. The summed E-state index contributed by atoms with van der Waals surface area (Å²) in [6.07, 6.45) is 5.23. The molecule has 1 aliphatic heterocycles. The fourth-order valence-corrected chi connectivity index (χ4v) is 3.74. The Morgan fingerprint density at radius 3 is 2.80 bits per heavy atom. The Labute approximate surface area is 90.8 Å². The fraction of sp³-hybridized carbons (Fsp3) is 0.800. The third-order valence-electron chi connectivity index (χ3n) is 3.32. The van der Waals surface area contributed by atoms with Crippen LogP contribution < -0.4 is 11.1 Å². The first-order valence-electron chi connectivity index (χ1n) is 5.48. The van der Waals surface area contributed by atoms with Crippen molar-refractivity contribution in [3.05, 3.63) is 11.5 Å². The number of sulfone groups is 1. The van der Waals surface area contributed by atoms with Gasteiger partial charge in [-0.2, -0.15) is 0 Å². The van der Waals surface area contributed by atoms with E-state index in [1.54, 1.807) is 6.08 Å². The van der Waals surface area contributed by atoms with Crippen molar-refractivity contribution in [3.63, 3.8) is 0 Å². The van der Waals surface area contributed by atoms with Crippen molar-refractivity contribution < 1.29 is 8.42 Å². The molecular weight excluding hydrogens is 212 g/mol. The van der Waals surface area contributed by atoms with E-state index in [-0.39, 0.29) is 11.8 Å². The molecule has 1 fully saturated rings. The summed E-state index contributed by atoms with van der Waals surface area (Å²) in [6.45, 7) is 0.695. The summed E-state index contributed by atoms with van der Waals surface area (Å²) in [4.78, 5) is 0. The van der Waals surface area contributed by atoms with E-state index in [0.717, 1.165) is 12.8 Å². The van der Waals surface area contributed by atoms with Gasteiger partial charge in [-0.15, -0.1) is 0 Å². The lowest BCUT2D eigenvalue weighted by Crippen LogP contribution is -2.42. The normalized spacial score (nSPS) is 38.6. The van der Waals surface area contributed by atoms with Gasteiger partial charge in [-0.1, -0.05) is 12.5 Å². The van der Waals surface area contributed by atoms with Crippen LogP contribution in [0.4, 0.5) is 0 Å². The lowest BCUT2D eigenvalue weighted by Gasteiger charge is -2.22. The minimum absolute atomic E-state index is 0.00727. The smallest absolute Gasteiger partial charge is 0.173 e. The highest BCUT2D eigenvalue weighted by molar-refractivity contribution is 7.94. The second-order valence-corrected chi connectivity index (χ2v) is 6.40. The topological polar surface area (TPSA) is 72.2 Å². The van der Waals surface area contributed by atoms with Crippen LogP contribution in [0.1, 0.15) is 19.3 Å². The maximum atomic E-state index is 11.2. The predicted octanol–water partition coefficient (Wildman–Crippen LogP) is 0.0141. The van der Waals surface area contributed by atoms with Crippen molar-refractivity contribution in [3.8, 4) is 0 Å². The number of hydrogen-bond acceptors (Lipinski definition) is 4. The molecule has 0 aromatic rings. The second-order valence-electron chi connectivity index (χ2n) is 4.46. The van der Waals surface area contributed by atoms with E-state index in [4.69, 9.17) is 5.73 Å². The zero-order valence-corrected chi connectivity index (χ0v) is 9.54. The van der Waals surface area contributed by atoms with Crippen molar-refractivity contribution in [2.75, 3.05) is 12.3 Å². The molecule has 1 aliphatic carbocycles. The van der Waals surface area contributed by atoms with Gasteiger partial charge in [-0.05, 0) is 25.3 Å². The average molecular weight is 230 g/mol. The van der Waals surface area contributed by atoms with Crippen LogP contribution in [0.15, 0.2) is 11.5 Å². The van der Waals surface area contributed by atoms with E-state index in [9.17, 15) is 8.42 Å². The Kier molecular flexibility index (Phi) is 3.13. The SMILES string of the molecule is NCC1CCCC1NC1C=CS(=O)(=O)C1. The van der Waals surface area contributed by atoms with Gasteiger partial charge in [0.1, 0.15) is 0 Å². The van der Waals surface area contributed by atoms with E-state index in [1.165, 1.54) is 11.8 Å². The molecule has 0 aromatic carbocycles. The van der Waals surface area contributed by atoms with Crippen LogP contribution in [0, 0.1) is 5.92 Å². The molecule has 0 saturated heterocycles. The Hall–Kier alpha value is -0.390. The molecule has 2 rings (SSSR count). The lowest BCUT2D eigenvalue weighted by atomic mass is 10.0. The summed E-state index contributed by atoms with van der Waals surface area (Å²) < 4.78 is 22.4. The predicted molar refractivity (Wildman–Crippen MR) is 60.0 cm³/mol. The van der Waals surface area contributed by atoms with Crippen LogP contribution in [0.25, 0.3) is 0 Å². The van der Waals surface area contributed by atoms with Crippen molar-refractivity contribution in [1.29, 1.82) is 0 Å². The summed E-state index contributed by atoms with van der Waals surface area (Å²) in [5.74, 6) is 0.725. The van der Waals surface area contributed by atoms with Gasteiger partial charge in [-0.3, -0.25) is 0 Å². The number of rotatable bonds is 3. The van der Waals surface area contributed by atoms with Crippen LogP contribution in [0.3, 0.4) is 0 Å². The van der Waals surface area contributed by atoms with Crippen LogP contribution in [0.2, 0.25) is 0 Å². The van der Waals surface area contributed by atoms with Crippen LogP contribution in [-0.2, 0) is 9.84 Å². The zero-order valence-electron chi connectivity index (χ0n) is 8.72. The van der Waals surface area contributed by atoms with Gasteiger partial charge >= 0.3 is 0 Å². The van der Waals surface area contributed by atoms with Crippen LogP contribution >= 0.6 is 0 Å². The average Bonchev–Trinajstić information content (AvgIpc) is 2.73. The maximum Gasteiger partial charge on any atom is 0.173 e. The summed E-state index contributed by atoms with van der Waals surface area (Å²) >= 11 is 0. The number of nitrogens with one attached hydrogen (secondary N) is 1. The highest BCUT2D eigenvalue weighted by Crippen LogP contribution is 2.25. The molecule has 15 heavy (non-hydrogen) atoms. The monoisotopic (exact) mass is 230 g/mol. The summed E-state index contributed by atoms with van der Waals surface area (Å²) in [5.41, 5.74) is 5.68. The lowest BCUT2D eigenvalue weighted by molar-refractivity contribution is 0.394. The summed E-state index contributed by atoms with van der Waals surface area (Å²) in [6, 6.07) is 0.394. The molecule has 1 saturated carbocycles. The standard InChI is InChI=1S/C10H18N2O2S/c11-6-8-2-1-3-10(8)12-9-4-5-15(13,14)7-9/h4-5,8-10,12H,1-3,6-7,11H2. The highest BCUT2D eigenvalue weighted by atomic mass is 32.2. The maximum absolute atomic E-state index is 11.2. The minimum Gasteiger partial charge on any atom is -0.330 e. The molecule has 3 unspecified atom stereocenters. The van der Waals surface area contributed by atoms with E-state index >= 15 is 0 Å². The molecule has 5 heteroatoms. The van der Waals surface area contributed by atoms with Gasteiger partial charge in [0.25, 0.3) is 0 Å². The van der Waals surface area contributed by atoms with Gasteiger partial charge in [-0.25, -0.2) is 8.42 Å².